The Morgan fingerprint density at radius 1 is 1.27 bits per heavy atom. The largest absolute Gasteiger partial charge is 0.489 e. The van der Waals surface area contributed by atoms with Gasteiger partial charge in [0.25, 0.3) is 0 Å². The number of carboxylic acids is 1. The molecule has 1 aromatic heterocycles. The molecule has 2 bridgehead atoms. The van der Waals surface area contributed by atoms with Crippen molar-refractivity contribution in [1.82, 2.24) is 9.88 Å². The van der Waals surface area contributed by atoms with E-state index in [4.69, 9.17) is 9.47 Å². The molecule has 1 amide bonds. The van der Waals surface area contributed by atoms with Gasteiger partial charge >= 0.3 is 12.1 Å². The zero-order chi connectivity index (χ0) is 21.6. The van der Waals surface area contributed by atoms with Crippen molar-refractivity contribution < 1.29 is 24.2 Å². The van der Waals surface area contributed by atoms with Crippen molar-refractivity contribution in [3.8, 4) is 16.3 Å². The number of aromatic nitrogens is 1. The highest BCUT2D eigenvalue weighted by Gasteiger charge is 2.49. The standard InChI is InChI=1S/C22H26N2O5S/c1-12-10-23-19(30-12)18-15(20(25)26)6-5-7-16(18)28-17-9-14-8-13(17)11-24(14)21(27)29-22(2,3)4/h5-7,10,13-14,17H,8-9,11H2,1-4H3,(H,25,26). The Labute approximate surface area is 179 Å². The number of hydrogen-bond donors (Lipinski definition) is 1. The molecule has 8 heteroatoms. The first-order chi connectivity index (χ1) is 14.1. The summed E-state index contributed by atoms with van der Waals surface area (Å²) in [6.07, 6.45) is 2.96. The summed E-state index contributed by atoms with van der Waals surface area (Å²) in [4.78, 5) is 31.5. The second-order valence-corrected chi connectivity index (χ2v) is 10.2. The highest BCUT2D eigenvalue weighted by Crippen LogP contribution is 2.43. The van der Waals surface area contributed by atoms with Crippen LogP contribution in [0.1, 0.15) is 48.8 Å². The van der Waals surface area contributed by atoms with Gasteiger partial charge in [-0.3, -0.25) is 0 Å². The van der Waals surface area contributed by atoms with Gasteiger partial charge in [-0.1, -0.05) is 6.07 Å². The molecule has 2 aliphatic rings. The fourth-order valence-corrected chi connectivity index (χ4v) is 5.08. The maximum Gasteiger partial charge on any atom is 0.410 e. The molecule has 0 radical (unpaired) electrons. The van der Waals surface area contributed by atoms with Crippen LogP contribution in [-0.2, 0) is 4.74 Å². The van der Waals surface area contributed by atoms with Gasteiger partial charge in [0.05, 0.1) is 11.1 Å². The fraction of sp³-hybridized carbons (Fsp3) is 0.500. The lowest BCUT2D eigenvalue weighted by molar-refractivity contribution is 0.0105. The molecule has 2 aromatic rings. The summed E-state index contributed by atoms with van der Waals surface area (Å²) in [5, 5.41) is 10.3. The van der Waals surface area contributed by atoms with Crippen LogP contribution in [0, 0.1) is 12.8 Å². The summed E-state index contributed by atoms with van der Waals surface area (Å²) in [6.45, 7) is 8.12. The third kappa shape index (κ3) is 4.01. The second-order valence-electron chi connectivity index (χ2n) is 8.93. The van der Waals surface area contributed by atoms with E-state index in [1.807, 2.05) is 27.7 Å². The number of likely N-dealkylation sites (tertiary alicyclic amines) is 1. The highest BCUT2D eigenvalue weighted by atomic mass is 32.1. The second kappa shape index (κ2) is 7.58. The van der Waals surface area contributed by atoms with Crippen molar-refractivity contribution in [2.24, 2.45) is 5.92 Å². The molecule has 3 unspecified atom stereocenters. The Morgan fingerprint density at radius 3 is 2.60 bits per heavy atom. The predicted molar refractivity (Wildman–Crippen MR) is 113 cm³/mol. The molecule has 1 aliphatic heterocycles. The van der Waals surface area contributed by atoms with Crippen molar-refractivity contribution in [2.45, 2.75) is 58.3 Å². The van der Waals surface area contributed by atoms with Crippen LogP contribution in [0.2, 0.25) is 0 Å². The molecule has 1 saturated carbocycles. The molecule has 0 spiro atoms. The first-order valence-electron chi connectivity index (χ1n) is 10.1. The molecule has 160 valence electrons. The number of thiazole rings is 1. The number of fused-ring (bicyclic) bond motifs is 2. The Kier molecular flexibility index (Phi) is 5.22. The summed E-state index contributed by atoms with van der Waals surface area (Å²) in [5.41, 5.74) is 0.183. The predicted octanol–water partition coefficient (Wildman–Crippen LogP) is 4.59. The van der Waals surface area contributed by atoms with E-state index in [0.29, 0.717) is 29.3 Å². The number of piperidine rings is 1. The number of nitrogens with zero attached hydrogens (tertiary/aromatic N) is 2. The van der Waals surface area contributed by atoms with Crippen molar-refractivity contribution in [3.63, 3.8) is 0 Å². The molecular weight excluding hydrogens is 404 g/mol. The SMILES string of the molecule is Cc1cnc(-c2c(OC3CC4CC3CN4C(=O)OC(C)(C)C)cccc2C(=O)O)s1. The van der Waals surface area contributed by atoms with Crippen LogP contribution in [0.25, 0.3) is 10.6 Å². The van der Waals surface area contributed by atoms with Crippen molar-refractivity contribution in [1.29, 1.82) is 0 Å². The number of rotatable bonds is 4. The zero-order valence-corrected chi connectivity index (χ0v) is 18.4. The van der Waals surface area contributed by atoms with Crippen molar-refractivity contribution in [3.05, 3.63) is 34.8 Å². The van der Waals surface area contributed by atoms with Gasteiger partial charge in [-0.2, -0.15) is 0 Å². The van der Waals surface area contributed by atoms with Gasteiger partial charge in [0, 0.05) is 36.0 Å². The van der Waals surface area contributed by atoms with E-state index in [1.165, 1.54) is 11.3 Å². The van der Waals surface area contributed by atoms with Gasteiger partial charge < -0.3 is 19.5 Å². The lowest BCUT2D eigenvalue weighted by atomic mass is 10.0. The molecule has 7 nitrogen and oxygen atoms in total. The average molecular weight is 431 g/mol. The molecule has 1 aliphatic carbocycles. The van der Waals surface area contributed by atoms with E-state index in [1.54, 1.807) is 29.3 Å². The Morgan fingerprint density at radius 2 is 2.03 bits per heavy atom. The summed E-state index contributed by atoms with van der Waals surface area (Å²) in [6, 6.07) is 5.16. The summed E-state index contributed by atoms with van der Waals surface area (Å²) < 4.78 is 11.9. The minimum atomic E-state index is -1.01. The Hall–Kier alpha value is -2.61. The number of carbonyl (C=O) groups excluding carboxylic acids is 1. The first kappa shape index (κ1) is 20.7. The minimum Gasteiger partial charge on any atom is -0.489 e. The van der Waals surface area contributed by atoms with Crippen molar-refractivity contribution in [2.75, 3.05) is 6.54 Å². The third-order valence-electron chi connectivity index (χ3n) is 5.48. The van der Waals surface area contributed by atoms with Crippen LogP contribution in [-0.4, -0.2) is 51.3 Å². The molecule has 1 N–H and O–H groups in total. The van der Waals surface area contributed by atoms with Crippen LogP contribution < -0.4 is 4.74 Å². The molecular formula is C22H26N2O5S. The topological polar surface area (TPSA) is 89.0 Å². The monoisotopic (exact) mass is 430 g/mol. The van der Waals surface area contributed by atoms with E-state index in [2.05, 4.69) is 4.98 Å². The lowest BCUT2D eigenvalue weighted by Gasteiger charge is -2.33. The van der Waals surface area contributed by atoms with E-state index >= 15 is 0 Å². The molecule has 2 fully saturated rings. The van der Waals surface area contributed by atoms with Gasteiger partial charge in [0.15, 0.2) is 0 Å². The summed E-state index contributed by atoms with van der Waals surface area (Å²) in [5.74, 6) is -0.278. The van der Waals surface area contributed by atoms with Gasteiger partial charge in [-0.05, 0) is 46.2 Å². The van der Waals surface area contributed by atoms with E-state index in [9.17, 15) is 14.7 Å². The molecule has 2 heterocycles. The van der Waals surface area contributed by atoms with E-state index < -0.39 is 11.6 Å². The molecule has 3 atom stereocenters. The molecule has 1 saturated heterocycles. The zero-order valence-electron chi connectivity index (χ0n) is 17.5. The molecule has 4 rings (SSSR count). The van der Waals surface area contributed by atoms with Crippen LogP contribution in [0.15, 0.2) is 24.4 Å². The van der Waals surface area contributed by atoms with Gasteiger partial charge in [-0.25, -0.2) is 14.6 Å². The van der Waals surface area contributed by atoms with Crippen LogP contribution >= 0.6 is 11.3 Å². The van der Waals surface area contributed by atoms with Crippen LogP contribution in [0.4, 0.5) is 4.79 Å². The number of carboxylic acid groups (broad SMARTS) is 1. The number of amides is 1. The van der Waals surface area contributed by atoms with E-state index in [-0.39, 0.29) is 29.7 Å². The minimum absolute atomic E-state index is 0.0717. The third-order valence-corrected chi connectivity index (χ3v) is 6.41. The maximum absolute atomic E-state index is 12.5. The maximum atomic E-state index is 12.5. The van der Waals surface area contributed by atoms with Gasteiger partial charge in [0.2, 0.25) is 0 Å². The van der Waals surface area contributed by atoms with E-state index in [0.717, 1.165) is 11.3 Å². The normalized spacial score (nSPS) is 22.9. The number of aromatic carboxylic acids is 1. The lowest BCUT2D eigenvalue weighted by Crippen LogP contribution is -2.45. The number of benzene rings is 1. The van der Waals surface area contributed by atoms with Gasteiger partial charge in [-0.15, -0.1) is 11.3 Å². The van der Waals surface area contributed by atoms with Crippen LogP contribution in [0.5, 0.6) is 5.75 Å². The number of aryl methyl sites for hydroxylation is 1. The number of hydrogen-bond acceptors (Lipinski definition) is 6. The number of ether oxygens (including phenoxy) is 2. The quantitative estimate of drug-likeness (QED) is 0.763. The Bertz CT molecular complexity index is 980. The number of carbonyl (C=O) groups is 2. The smallest absolute Gasteiger partial charge is 0.410 e. The summed E-state index contributed by atoms with van der Waals surface area (Å²) >= 11 is 1.45. The average Bonchev–Trinajstić information content (AvgIpc) is 3.35. The molecule has 30 heavy (non-hydrogen) atoms. The fourth-order valence-electron chi connectivity index (χ4n) is 4.26. The Balaban J connectivity index is 1.54. The first-order valence-corrected chi connectivity index (χ1v) is 10.9. The summed E-state index contributed by atoms with van der Waals surface area (Å²) in [7, 11) is 0. The highest BCUT2D eigenvalue weighted by molar-refractivity contribution is 7.15. The van der Waals surface area contributed by atoms with Crippen LogP contribution in [0.3, 0.4) is 0 Å². The van der Waals surface area contributed by atoms with Crippen molar-refractivity contribution >= 4 is 23.4 Å². The molecule has 1 aromatic carbocycles. The van der Waals surface area contributed by atoms with Gasteiger partial charge in [0.1, 0.15) is 22.5 Å².